The highest BCUT2D eigenvalue weighted by Gasteiger charge is 2.40. The maximum Gasteiger partial charge on any atom is 0.329 e. The Balaban J connectivity index is 1.90. The minimum Gasteiger partial charge on any atom is -0.494 e. The van der Waals surface area contributed by atoms with Crippen molar-refractivity contribution in [3.8, 4) is 5.75 Å². The normalized spacial score (nSPS) is 16.5. The molecule has 8 heteroatoms. The molecule has 0 aliphatic carbocycles. The number of nitrogens with zero attached hydrogens (tertiary/aromatic N) is 1. The number of aliphatic hydroxyl groups excluding tert-OH is 1. The molecule has 0 bridgehead atoms. The van der Waals surface area contributed by atoms with Crippen molar-refractivity contribution in [2.75, 3.05) is 13.2 Å². The number of hydrogen-bond acceptors (Lipinski definition) is 6. The third kappa shape index (κ3) is 6.83. The molecule has 0 saturated carbocycles. The van der Waals surface area contributed by atoms with Crippen molar-refractivity contribution < 1.29 is 24.5 Å². The Morgan fingerprint density at radius 2 is 1.86 bits per heavy atom. The van der Waals surface area contributed by atoms with Crippen molar-refractivity contribution in [2.45, 2.75) is 51.5 Å². The Morgan fingerprint density at radius 3 is 2.48 bits per heavy atom. The molecule has 1 aliphatic rings. The van der Waals surface area contributed by atoms with Gasteiger partial charge < -0.3 is 14.9 Å². The fourth-order valence-electron chi connectivity index (χ4n) is 2.90. The molecule has 158 valence electrons. The van der Waals surface area contributed by atoms with E-state index in [1.54, 1.807) is 6.08 Å². The molecule has 0 aromatic heterocycles. The fourth-order valence-corrected chi connectivity index (χ4v) is 4.26. The molecule has 1 heterocycles. The second kappa shape index (κ2) is 11.9. The van der Waals surface area contributed by atoms with E-state index < -0.39 is 24.5 Å². The first-order valence-corrected chi connectivity index (χ1v) is 11.0. The summed E-state index contributed by atoms with van der Waals surface area (Å²) in [5.74, 6) is -1.03. The Kier molecular flexibility index (Phi) is 9.63. The van der Waals surface area contributed by atoms with Crippen molar-refractivity contribution in [1.82, 2.24) is 4.90 Å². The highest BCUT2D eigenvalue weighted by atomic mass is 32.2. The first kappa shape index (κ1) is 23.4. The molecule has 29 heavy (non-hydrogen) atoms. The number of rotatable bonds is 12. The molecule has 1 aromatic carbocycles. The fraction of sp³-hybridized carbons (Fsp3) is 0.476. The number of carboxylic acids is 1. The molecule has 1 aliphatic heterocycles. The van der Waals surface area contributed by atoms with E-state index in [9.17, 15) is 14.7 Å². The van der Waals surface area contributed by atoms with Gasteiger partial charge in [-0.2, -0.15) is 0 Å². The van der Waals surface area contributed by atoms with Gasteiger partial charge in [0.05, 0.1) is 18.1 Å². The lowest BCUT2D eigenvalue weighted by Gasteiger charge is -2.20. The Morgan fingerprint density at radius 1 is 1.21 bits per heavy atom. The van der Waals surface area contributed by atoms with Gasteiger partial charge in [0, 0.05) is 0 Å². The average Bonchev–Trinajstić information content (AvgIpc) is 2.97. The summed E-state index contributed by atoms with van der Waals surface area (Å²) in [5.41, 5.74) is 0.785. The van der Waals surface area contributed by atoms with E-state index in [0.29, 0.717) is 11.5 Å². The number of aliphatic hydroxyl groups is 1. The van der Waals surface area contributed by atoms with Gasteiger partial charge in [0.15, 0.2) is 6.04 Å². The number of amides is 1. The molecule has 1 fully saturated rings. The molecule has 0 spiro atoms. The van der Waals surface area contributed by atoms with Gasteiger partial charge in [0.25, 0.3) is 5.91 Å². The summed E-state index contributed by atoms with van der Waals surface area (Å²) in [4.78, 5) is 25.0. The van der Waals surface area contributed by atoms with Gasteiger partial charge >= 0.3 is 5.97 Å². The van der Waals surface area contributed by atoms with E-state index >= 15 is 0 Å². The van der Waals surface area contributed by atoms with Gasteiger partial charge in [-0.15, -0.1) is 0 Å². The van der Waals surface area contributed by atoms with Crippen molar-refractivity contribution in [3.05, 3.63) is 34.7 Å². The zero-order chi connectivity index (χ0) is 21.2. The number of carboxylic acid groups (broad SMARTS) is 1. The second-order valence-corrected chi connectivity index (χ2v) is 8.45. The first-order valence-electron chi connectivity index (χ1n) is 9.81. The van der Waals surface area contributed by atoms with Crippen LogP contribution < -0.4 is 4.74 Å². The predicted molar refractivity (Wildman–Crippen MR) is 119 cm³/mol. The first-order chi connectivity index (χ1) is 14.0. The number of carbonyl (C=O) groups excluding carboxylic acids is 1. The van der Waals surface area contributed by atoms with Crippen LogP contribution in [0.3, 0.4) is 0 Å². The average molecular weight is 438 g/mol. The summed E-state index contributed by atoms with van der Waals surface area (Å²) in [7, 11) is 0. The number of aliphatic carboxylic acids is 1. The lowest BCUT2D eigenvalue weighted by Crippen LogP contribution is -2.46. The number of thiocarbonyl (C=S) groups is 1. The summed E-state index contributed by atoms with van der Waals surface area (Å²) >= 11 is 6.15. The third-order valence-electron chi connectivity index (χ3n) is 4.54. The van der Waals surface area contributed by atoms with Crippen LogP contribution in [0, 0.1) is 0 Å². The minimum absolute atomic E-state index is 0.126. The maximum absolute atomic E-state index is 12.5. The quantitative estimate of drug-likeness (QED) is 0.289. The van der Waals surface area contributed by atoms with Crippen LogP contribution in [0.15, 0.2) is 29.2 Å². The number of benzene rings is 1. The highest BCUT2D eigenvalue weighted by Crippen LogP contribution is 2.34. The van der Waals surface area contributed by atoms with Gasteiger partial charge in [-0.25, -0.2) is 4.79 Å². The van der Waals surface area contributed by atoms with Crippen LogP contribution in [0.4, 0.5) is 0 Å². The van der Waals surface area contributed by atoms with Crippen LogP contribution in [0.2, 0.25) is 0 Å². The smallest absolute Gasteiger partial charge is 0.329 e. The van der Waals surface area contributed by atoms with Crippen LogP contribution in [0.25, 0.3) is 6.08 Å². The molecule has 2 N–H and O–H groups in total. The Labute approximate surface area is 180 Å². The molecule has 1 amide bonds. The second-order valence-electron chi connectivity index (χ2n) is 6.77. The van der Waals surface area contributed by atoms with Gasteiger partial charge in [0.2, 0.25) is 0 Å². The molecular weight excluding hydrogens is 410 g/mol. The summed E-state index contributed by atoms with van der Waals surface area (Å²) in [5, 5.41) is 18.4. The molecule has 0 radical (unpaired) electrons. The minimum atomic E-state index is -1.37. The summed E-state index contributed by atoms with van der Waals surface area (Å²) < 4.78 is 5.88. The van der Waals surface area contributed by atoms with Crippen LogP contribution in [0.5, 0.6) is 5.75 Å². The lowest BCUT2D eigenvalue weighted by molar-refractivity contribution is -0.146. The van der Waals surface area contributed by atoms with E-state index in [-0.39, 0.29) is 4.32 Å². The predicted octanol–water partition coefficient (Wildman–Crippen LogP) is 4.07. The molecule has 1 saturated heterocycles. The molecule has 1 aromatic rings. The van der Waals surface area contributed by atoms with E-state index in [1.807, 2.05) is 24.3 Å². The number of hydrogen-bond donors (Lipinski definition) is 2. The Bertz CT molecular complexity index is 748. The zero-order valence-electron chi connectivity index (χ0n) is 16.5. The SMILES string of the molecule is CCCCCCCCOc1ccc(/C=C2/SC(=S)N([C@@H](CO)C(=O)O)C2=O)cc1. The van der Waals surface area contributed by atoms with Crippen molar-refractivity contribution in [1.29, 1.82) is 0 Å². The van der Waals surface area contributed by atoms with Gasteiger partial charge in [0.1, 0.15) is 10.1 Å². The van der Waals surface area contributed by atoms with Gasteiger partial charge in [-0.3, -0.25) is 9.69 Å². The van der Waals surface area contributed by atoms with Crippen molar-refractivity contribution in [2.24, 2.45) is 0 Å². The third-order valence-corrected chi connectivity index (χ3v) is 5.87. The highest BCUT2D eigenvalue weighted by molar-refractivity contribution is 8.26. The van der Waals surface area contributed by atoms with Gasteiger partial charge in [-0.05, 0) is 30.2 Å². The lowest BCUT2D eigenvalue weighted by atomic mass is 10.1. The monoisotopic (exact) mass is 437 g/mol. The standard InChI is InChI=1S/C21H27NO5S2/c1-2-3-4-5-6-7-12-27-16-10-8-15(9-11-16)13-18-19(24)22(21(28)29-18)17(14-23)20(25)26/h8-11,13,17,23H,2-7,12,14H2,1H3,(H,25,26)/b18-13+/t17-/m0/s1. The van der Waals surface area contributed by atoms with Crippen molar-refractivity contribution in [3.63, 3.8) is 0 Å². The number of ether oxygens (including phenoxy) is 1. The number of carbonyl (C=O) groups is 2. The van der Waals surface area contributed by atoms with E-state index in [4.69, 9.17) is 22.1 Å². The molecule has 2 rings (SSSR count). The molecule has 0 unspecified atom stereocenters. The van der Waals surface area contributed by atoms with E-state index in [0.717, 1.165) is 34.4 Å². The topological polar surface area (TPSA) is 87.1 Å². The van der Waals surface area contributed by atoms with E-state index in [1.165, 1.54) is 32.1 Å². The van der Waals surface area contributed by atoms with Crippen molar-refractivity contribution >= 4 is 46.3 Å². The van der Waals surface area contributed by atoms with Crippen LogP contribution in [-0.4, -0.2) is 50.6 Å². The van der Waals surface area contributed by atoms with E-state index in [2.05, 4.69) is 6.92 Å². The zero-order valence-corrected chi connectivity index (χ0v) is 18.1. The summed E-state index contributed by atoms with van der Waals surface area (Å²) in [6, 6.07) is 5.99. The largest absolute Gasteiger partial charge is 0.494 e. The molecule has 6 nitrogen and oxygen atoms in total. The Hall–Kier alpha value is -1.90. The van der Waals surface area contributed by atoms with Crippen LogP contribution >= 0.6 is 24.0 Å². The summed E-state index contributed by atoms with van der Waals surface area (Å²) in [6.07, 6.45) is 8.92. The number of unbranched alkanes of at least 4 members (excludes halogenated alkanes) is 5. The summed E-state index contributed by atoms with van der Waals surface area (Å²) in [6.45, 7) is 2.19. The molecule has 1 atom stereocenters. The van der Waals surface area contributed by atoms with Crippen LogP contribution in [-0.2, 0) is 9.59 Å². The number of thioether (sulfide) groups is 1. The van der Waals surface area contributed by atoms with Gasteiger partial charge in [-0.1, -0.05) is 75.1 Å². The maximum atomic E-state index is 12.5. The molecular formula is C21H27NO5S2. The van der Waals surface area contributed by atoms with Crippen LogP contribution in [0.1, 0.15) is 51.0 Å².